The van der Waals surface area contributed by atoms with E-state index in [1.165, 1.54) is 6.33 Å². The van der Waals surface area contributed by atoms with Crippen LogP contribution in [0.5, 0.6) is 0 Å². The van der Waals surface area contributed by atoms with Crippen molar-refractivity contribution in [1.82, 2.24) is 9.55 Å². The van der Waals surface area contributed by atoms with Gasteiger partial charge in [0.1, 0.15) is 21.0 Å². The zero-order chi connectivity index (χ0) is 14.2. The van der Waals surface area contributed by atoms with Gasteiger partial charge in [-0.1, -0.05) is 13.8 Å². The summed E-state index contributed by atoms with van der Waals surface area (Å²) in [5.41, 5.74) is -3.02. The molecule has 2 fully saturated rings. The molecule has 0 bridgehead atoms. The van der Waals surface area contributed by atoms with Crippen LogP contribution in [0.3, 0.4) is 0 Å². The summed E-state index contributed by atoms with van der Waals surface area (Å²) in [5, 5.41) is 30.4. The van der Waals surface area contributed by atoms with Crippen molar-refractivity contribution in [2.75, 3.05) is 0 Å². The van der Waals surface area contributed by atoms with Crippen LogP contribution in [-0.4, -0.2) is 37.1 Å². The summed E-state index contributed by atoms with van der Waals surface area (Å²) in [4.78, 5) is 3.98. The van der Waals surface area contributed by atoms with Crippen LogP contribution in [0.1, 0.15) is 32.7 Å². The van der Waals surface area contributed by atoms with Crippen molar-refractivity contribution in [2.45, 2.75) is 44.3 Å². The number of aliphatic hydroxyl groups is 2. The van der Waals surface area contributed by atoms with Crippen LogP contribution in [0.15, 0.2) is 6.33 Å². The second-order valence-electron chi connectivity index (χ2n) is 5.69. The van der Waals surface area contributed by atoms with E-state index in [0.29, 0.717) is 3.70 Å². The first-order valence-electron chi connectivity index (χ1n) is 5.96. The van der Waals surface area contributed by atoms with E-state index in [2.05, 4.69) is 4.98 Å². The van der Waals surface area contributed by atoms with Crippen molar-refractivity contribution < 1.29 is 14.9 Å². The van der Waals surface area contributed by atoms with Gasteiger partial charge in [0.2, 0.25) is 0 Å². The van der Waals surface area contributed by atoms with Crippen LogP contribution >= 0.6 is 22.6 Å². The van der Waals surface area contributed by atoms with E-state index in [0.717, 1.165) is 0 Å². The molecule has 0 spiro atoms. The van der Waals surface area contributed by atoms with Gasteiger partial charge >= 0.3 is 0 Å². The summed E-state index contributed by atoms with van der Waals surface area (Å²) in [5.74, 6) is 0. The van der Waals surface area contributed by atoms with Gasteiger partial charge in [0.05, 0.1) is 12.4 Å². The summed E-state index contributed by atoms with van der Waals surface area (Å²) in [7, 11) is 0. The fourth-order valence-electron chi connectivity index (χ4n) is 3.45. The largest absolute Gasteiger partial charge is 0.383 e. The Morgan fingerprint density at radius 2 is 2.11 bits per heavy atom. The van der Waals surface area contributed by atoms with Crippen molar-refractivity contribution in [3.8, 4) is 6.07 Å². The highest BCUT2D eigenvalue weighted by Gasteiger charge is 2.91. The number of rotatable bonds is 1. The van der Waals surface area contributed by atoms with Crippen molar-refractivity contribution in [3.05, 3.63) is 15.7 Å². The average molecular weight is 375 g/mol. The molecule has 3 rings (SSSR count). The number of imidazole rings is 1. The molecular weight excluding hydrogens is 361 g/mol. The van der Waals surface area contributed by atoms with Crippen molar-refractivity contribution >= 4 is 22.6 Å². The van der Waals surface area contributed by atoms with Gasteiger partial charge in [0.15, 0.2) is 11.9 Å². The molecule has 1 aliphatic carbocycles. The summed E-state index contributed by atoms with van der Waals surface area (Å²) in [6, 6.07) is 1.98. The van der Waals surface area contributed by atoms with Gasteiger partial charge in [0.25, 0.3) is 0 Å². The van der Waals surface area contributed by atoms with Crippen molar-refractivity contribution in [1.29, 1.82) is 5.26 Å². The minimum absolute atomic E-state index is 0.286. The molecule has 0 radical (unpaired) electrons. The lowest BCUT2D eigenvalue weighted by Crippen LogP contribution is -2.31. The zero-order valence-corrected chi connectivity index (χ0v) is 12.9. The average Bonchev–Trinajstić information content (AvgIpc) is 2.67. The SMILES string of the molecule is C[C@H]1O[C@@H](n2cnc(C#N)c2I)[C@@]2(O)C(C)(C)[C@@]12O. The van der Waals surface area contributed by atoms with Crippen molar-refractivity contribution in [2.24, 2.45) is 5.41 Å². The molecule has 2 N–H and O–H groups in total. The molecule has 7 heteroatoms. The molecule has 2 heterocycles. The van der Waals surface area contributed by atoms with Gasteiger partial charge < -0.3 is 14.9 Å². The van der Waals surface area contributed by atoms with Crippen LogP contribution in [0, 0.1) is 20.4 Å². The van der Waals surface area contributed by atoms with Crippen LogP contribution in [0.4, 0.5) is 0 Å². The highest BCUT2D eigenvalue weighted by Crippen LogP contribution is 2.75. The minimum Gasteiger partial charge on any atom is -0.383 e. The Morgan fingerprint density at radius 1 is 1.47 bits per heavy atom. The van der Waals surface area contributed by atoms with Crippen LogP contribution in [-0.2, 0) is 4.74 Å². The molecule has 0 amide bonds. The van der Waals surface area contributed by atoms with Gasteiger partial charge in [0, 0.05) is 5.41 Å². The van der Waals surface area contributed by atoms with Gasteiger partial charge in [-0.05, 0) is 29.5 Å². The predicted octanol–water partition coefficient (Wildman–Crippen LogP) is 0.779. The molecular formula is C12H14IN3O3. The molecule has 102 valence electrons. The topological polar surface area (TPSA) is 91.3 Å². The third-order valence-corrected chi connectivity index (χ3v) is 5.86. The summed E-state index contributed by atoms with van der Waals surface area (Å²) < 4.78 is 7.91. The number of hydrogen-bond acceptors (Lipinski definition) is 5. The number of halogens is 1. The molecule has 1 aromatic rings. The van der Waals surface area contributed by atoms with Gasteiger partial charge in [-0.2, -0.15) is 5.26 Å². The van der Waals surface area contributed by atoms with E-state index in [4.69, 9.17) is 10.00 Å². The maximum atomic E-state index is 10.8. The highest BCUT2D eigenvalue weighted by atomic mass is 127. The fraction of sp³-hybridized carbons (Fsp3) is 0.667. The smallest absolute Gasteiger partial charge is 0.172 e. The van der Waals surface area contributed by atoms with E-state index in [1.807, 2.05) is 42.5 Å². The second-order valence-corrected chi connectivity index (χ2v) is 6.71. The Bertz CT molecular complexity index is 608. The Hall–Kier alpha value is -0.690. The zero-order valence-electron chi connectivity index (χ0n) is 10.8. The van der Waals surface area contributed by atoms with E-state index < -0.39 is 28.9 Å². The molecule has 1 aromatic heterocycles. The van der Waals surface area contributed by atoms with Gasteiger partial charge in [-0.25, -0.2) is 4.98 Å². The first kappa shape index (κ1) is 13.3. The van der Waals surface area contributed by atoms with Crippen LogP contribution in [0.25, 0.3) is 0 Å². The summed E-state index contributed by atoms with van der Waals surface area (Å²) in [6.07, 6.45) is 0.251. The Labute approximate surface area is 124 Å². The minimum atomic E-state index is -1.37. The first-order valence-corrected chi connectivity index (χ1v) is 7.04. The van der Waals surface area contributed by atoms with E-state index in [9.17, 15) is 10.2 Å². The molecule has 0 aromatic carbocycles. The van der Waals surface area contributed by atoms with Gasteiger partial charge in [-0.15, -0.1) is 0 Å². The number of ether oxygens (including phenoxy) is 1. The maximum Gasteiger partial charge on any atom is 0.172 e. The number of hydrogen-bond donors (Lipinski definition) is 2. The van der Waals surface area contributed by atoms with E-state index in [-0.39, 0.29) is 5.69 Å². The monoisotopic (exact) mass is 375 g/mol. The van der Waals surface area contributed by atoms with Crippen molar-refractivity contribution in [3.63, 3.8) is 0 Å². The Morgan fingerprint density at radius 3 is 2.53 bits per heavy atom. The maximum absolute atomic E-state index is 10.8. The molecule has 1 saturated heterocycles. The molecule has 6 nitrogen and oxygen atoms in total. The number of nitriles is 1. The summed E-state index contributed by atoms with van der Waals surface area (Å²) in [6.45, 7) is 5.37. The number of nitrogens with zero attached hydrogens (tertiary/aromatic N) is 3. The number of fused-ring (bicyclic) bond motifs is 1. The highest BCUT2D eigenvalue weighted by molar-refractivity contribution is 14.1. The lowest BCUT2D eigenvalue weighted by atomic mass is 10.0. The molecule has 4 atom stereocenters. The van der Waals surface area contributed by atoms with Crippen LogP contribution < -0.4 is 0 Å². The van der Waals surface area contributed by atoms with E-state index >= 15 is 0 Å². The lowest BCUT2D eigenvalue weighted by Gasteiger charge is -2.26. The van der Waals surface area contributed by atoms with Gasteiger partial charge in [-0.3, -0.25) is 4.57 Å². The fourth-order valence-corrected chi connectivity index (χ4v) is 4.09. The predicted molar refractivity (Wildman–Crippen MR) is 72.9 cm³/mol. The first-order chi connectivity index (χ1) is 8.73. The van der Waals surface area contributed by atoms with E-state index in [1.54, 1.807) is 11.5 Å². The Kier molecular flexibility index (Phi) is 2.44. The standard InChI is InChI=1S/C12H14IN3O3/c1-6-11(17)10(2,3)12(11,18)9(19-6)16-5-15-7(4-14)8(16)13/h5-6,9,17-18H,1-3H3/t6-,9-,11+,12-/m1/s1. The third-order valence-electron chi connectivity index (χ3n) is 4.79. The quantitative estimate of drug-likeness (QED) is 0.708. The molecule has 19 heavy (non-hydrogen) atoms. The van der Waals surface area contributed by atoms with Crippen LogP contribution in [0.2, 0.25) is 0 Å². The molecule has 2 aliphatic rings. The summed E-state index contributed by atoms with van der Waals surface area (Å²) >= 11 is 1.99. The molecule has 0 unspecified atom stereocenters. The molecule has 1 saturated carbocycles. The number of aromatic nitrogens is 2. The Balaban J connectivity index is 2.09. The normalized spacial score (nSPS) is 42.8. The molecule has 1 aliphatic heterocycles. The lowest BCUT2D eigenvalue weighted by molar-refractivity contribution is -0.107. The third kappa shape index (κ3) is 1.15. The second kappa shape index (κ2) is 3.49.